The van der Waals surface area contributed by atoms with Crippen molar-refractivity contribution in [1.82, 2.24) is 4.90 Å². The molecule has 0 atom stereocenters. The number of hydrogen-bond acceptors (Lipinski definition) is 5. The van der Waals surface area contributed by atoms with Gasteiger partial charge in [0.05, 0.1) is 24.7 Å². The van der Waals surface area contributed by atoms with Gasteiger partial charge in [-0.25, -0.2) is 4.79 Å². The van der Waals surface area contributed by atoms with Gasteiger partial charge >= 0.3 is 12.1 Å². The fraction of sp³-hybridized carbons (Fsp3) is 0.867. The van der Waals surface area contributed by atoms with E-state index in [9.17, 15) is 14.7 Å². The van der Waals surface area contributed by atoms with Gasteiger partial charge in [0.25, 0.3) is 0 Å². The van der Waals surface area contributed by atoms with Crippen molar-refractivity contribution in [3.05, 3.63) is 0 Å². The first-order valence-electron chi connectivity index (χ1n) is 7.38. The number of aliphatic hydroxyl groups is 1. The Labute approximate surface area is 125 Å². The smallest absolute Gasteiger partial charge is 0.410 e. The van der Waals surface area contributed by atoms with Crippen LogP contribution in [0.4, 0.5) is 4.79 Å². The molecule has 0 aromatic heterocycles. The first-order valence-corrected chi connectivity index (χ1v) is 7.38. The number of carbonyl (C=O) groups is 2. The average Bonchev–Trinajstić information content (AvgIpc) is 2.45. The number of methoxy groups -OCH3 is 1. The predicted octanol–water partition coefficient (Wildman–Crippen LogP) is 1.70. The number of esters is 1. The van der Waals surface area contributed by atoms with Crippen LogP contribution in [-0.2, 0) is 14.3 Å². The van der Waals surface area contributed by atoms with E-state index in [1.165, 1.54) is 7.11 Å². The molecule has 3 fully saturated rings. The highest BCUT2D eigenvalue weighted by molar-refractivity contribution is 5.80. The van der Waals surface area contributed by atoms with Gasteiger partial charge in [0.15, 0.2) is 0 Å². The monoisotopic (exact) mass is 299 g/mol. The van der Waals surface area contributed by atoms with Crippen LogP contribution in [-0.4, -0.2) is 53.5 Å². The Morgan fingerprint density at radius 2 is 1.76 bits per heavy atom. The van der Waals surface area contributed by atoms with Crippen LogP contribution in [0.25, 0.3) is 0 Å². The first kappa shape index (κ1) is 16.1. The van der Waals surface area contributed by atoms with Crippen LogP contribution in [0, 0.1) is 5.41 Å². The van der Waals surface area contributed by atoms with Gasteiger partial charge in [-0.05, 0) is 46.5 Å². The summed E-state index contributed by atoms with van der Waals surface area (Å²) in [6.45, 7) is 5.55. The number of carbonyl (C=O) groups excluding carboxylic acids is 2. The topological polar surface area (TPSA) is 76.1 Å². The Bertz CT molecular complexity index is 432. The zero-order chi connectivity index (χ0) is 15.9. The molecule has 3 rings (SSSR count). The second kappa shape index (κ2) is 5.16. The van der Waals surface area contributed by atoms with Crippen molar-refractivity contribution in [1.29, 1.82) is 0 Å². The van der Waals surface area contributed by atoms with E-state index in [4.69, 9.17) is 9.47 Å². The maximum atomic E-state index is 12.5. The molecule has 120 valence electrons. The number of ether oxygens (including phenoxy) is 2. The fourth-order valence-corrected chi connectivity index (χ4v) is 3.40. The zero-order valence-corrected chi connectivity index (χ0v) is 13.3. The molecule has 0 aromatic carbocycles. The van der Waals surface area contributed by atoms with E-state index in [-0.39, 0.29) is 19.1 Å². The SMILES string of the molecule is COC(=O)C12CCC(CO)(CC1)N(C(=O)OC(C)(C)C)C2. The molecule has 0 aromatic rings. The van der Waals surface area contributed by atoms with Gasteiger partial charge in [-0.2, -0.15) is 0 Å². The van der Waals surface area contributed by atoms with E-state index in [1.807, 2.05) is 0 Å². The van der Waals surface area contributed by atoms with Crippen LogP contribution in [0.15, 0.2) is 0 Å². The van der Waals surface area contributed by atoms with Crippen LogP contribution in [0.3, 0.4) is 0 Å². The lowest BCUT2D eigenvalue weighted by Crippen LogP contribution is -2.67. The van der Waals surface area contributed by atoms with Crippen molar-refractivity contribution >= 4 is 12.1 Å². The molecule has 0 unspecified atom stereocenters. The lowest BCUT2D eigenvalue weighted by atomic mass is 9.62. The summed E-state index contributed by atoms with van der Waals surface area (Å²) in [5, 5.41) is 9.80. The van der Waals surface area contributed by atoms with E-state index in [1.54, 1.807) is 25.7 Å². The van der Waals surface area contributed by atoms with Gasteiger partial charge in [-0.1, -0.05) is 0 Å². The maximum Gasteiger partial charge on any atom is 0.410 e. The van der Waals surface area contributed by atoms with Gasteiger partial charge in [-0.15, -0.1) is 0 Å². The molecule has 3 aliphatic rings. The van der Waals surface area contributed by atoms with Crippen LogP contribution >= 0.6 is 0 Å². The quantitative estimate of drug-likeness (QED) is 0.785. The van der Waals surface area contributed by atoms with Crippen LogP contribution < -0.4 is 0 Å². The summed E-state index contributed by atoms with van der Waals surface area (Å²) in [6, 6.07) is 0. The molecule has 2 aliphatic heterocycles. The molecule has 1 N–H and O–H groups in total. The fourth-order valence-electron chi connectivity index (χ4n) is 3.40. The summed E-state index contributed by atoms with van der Waals surface area (Å²) in [6.07, 6.45) is 2.00. The highest BCUT2D eigenvalue weighted by Gasteiger charge is 2.59. The van der Waals surface area contributed by atoms with Gasteiger partial charge in [0, 0.05) is 6.54 Å². The summed E-state index contributed by atoms with van der Waals surface area (Å²) < 4.78 is 10.4. The average molecular weight is 299 g/mol. The molecule has 1 aliphatic carbocycles. The van der Waals surface area contributed by atoms with Crippen molar-refractivity contribution in [3.63, 3.8) is 0 Å². The third kappa shape index (κ3) is 2.73. The standard InChI is InChI=1S/C15H25NO5/c1-13(2,3)21-12(19)16-9-14(11(18)20-4)5-7-15(16,10-17)8-6-14/h17H,5-10H2,1-4H3. The number of rotatable bonds is 2. The molecule has 6 heteroatoms. The summed E-state index contributed by atoms with van der Waals surface area (Å²) in [7, 11) is 1.37. The highest BCUT2D eigenvalue weighted by atomic mass is 16.6. The molecule has 2 heterocycles. The highest BCUT2D eigenvalue weighted by Crippen LogP contribution is 2.51. The maximum absolute atomic E-state index is 12.5. The molecule has 6 nitrogen and oxygen atoms in total. The van der Waals surface area contributed by atoms with Crippen molar-refractivity contribution in [2.24, 2.45) is 5.41 Å². The number of nitrogens with zero attached hydrogens (tertiary/aromatic N) is 1. The molecule has 0 radical (unpaired) electrons. The van der Waals surface area contributed by atoms with E-state index >= 15 is 0 Å². The van der Waals surface area contributed by atoms with Gasteiger partial charge in [0.2, 0.25) is 0 Å². The summed E-state index contributed by atoms with van der Waals surface area (Å²) in [4.78, 5) is 26.1. The number of piperidine rings is 2. The van der Waals surface area contributed by atoms with E-state index < -0.39 is 22.6 Å². The zero-order valence-electron chi connectivity index (χ0n) is 13.3. The summed E-state index contributed by atoms with van der Waals surface area (Å²) in [5.41, 5.74) is -1.86. The summed E-state index contributed by atoms with van der Waals surface area (Å²) >= 11 is 0. The molecular weight excluding hydrogens is 274 g/mol. The second-order valence-corrected chi connectivity index (χ2v) is 7.22. The minimum absolute atomic E-state index is 0.108. The Hall–Kier alpha value is -1.30. The molecule has 0 spiro atoms. The lowest BCUT2D eigenvalue weighted by Gasteiger charge is -2.57. The largest absolute Gasteiger partial charge is 0.469 e. The van der Waals surface area contributed by atoms with Crippen LogP contribution in [0.1, 0.15) is 46.5 Å². The van der Waals surface area contributed by atoms with E-state index in [0.29, 0.717) is 25.7 Å². The lowest BCUT2D eigenvalue weighted by molar-refractivity contribution is -0.171. The predicted molar refractivity (Wildman–Crippen MR) is 75.7 cm³/mol. The van der Waals surface area contributed by atoms with Gasteiger partial charge < -0.3 is 14.6 Å². The van der Waals surface area contributed by atoms with E-state index in [0.717, 1.165) is 0 Å². The molecule has 1 saturated carbocycles. The van der Waals surface area contributed by atoms with Gasteiger partial charge in [0.1, 0.15) is 5.60 Å². The van der Waals surface area contributed by atoms with Crippen molar-refractivity contribution in [2.45, 2.75) is 57.6 Å². The molecular formula is C15H25NO5. The van der Waals surface area contributed by atoms with Crippen LogP contribution in [0.5, 0.6) is 0 Å². The second-order valence-electron chi connectivity index (χ2n) is 7.22. The molecule has 2 bridgehead atoms. The molecule has 1 amide bonds. The summed E-state index contributed by atoms with van der Waals surface area (Å²) in [5.74, 6) is -0.276. The third-order valence-corrected chi connectivity index (χ3v) is 4.70. The van der Waals surface area contributed by atoms with Gasteiger partial charge in [-0.3, -0.25) is 9.69 Å². The molecule has 21 heavy (non-hydrogen) atoms. The third-order valence-electron chi connectivity index (χ3n) is 4.70. The Morgan fingerprint density at radius 1 is 1.19 bits per heavy atom. The Morgan fingerprint density at radius 3 is 2.19 bits per heavy atom. The van der Waals surface area contributed by atoms with Crippen molar-refractivity contribution in [2.75, 3.05) is 20.3 Å². The van der Waals surface area contributed by atoms with Crippen LogP contribution in [0.2, 0.25) is 0 Å². The normalized spacial score (nSPS) is 32.0. The number of hydrogen-bond donors (Lipinski definition) is 1. The number of aliphatic hydroxyl groups excluding tert-OH is 1. The Kier molecular flexibility index (Phi) is 3.95. The minimum atomic E-state index is -0.650. The number of fused-ring (bicyclic) bond motifs is 3. The Balaban J connectivity index is 2.26. The number of amides is 1. The van der Waals surface area contributed by atoms with Crippen molar-refractivity contribution in [3.8, 4) is 0 Å². The minimum Gasteiger partial charge on any atom is -0.469 e. The molecule has 2 saturated heterocycles. The van der Waals surface area contributed by atoms with E-state index in [2.05, 4.69) is 0 Å². The first-order chi connectivity index (χ1) is 9.68. The van der Waals surface area contributed by atoms with Crippen molar-refractivity contribution < 1.29 is 24.2 Å².